The van der Waals surface area contributed by atoms with Gasteiger partial charge in [0.25, 0.3) is 0 Å². The Balaban J connectivity index is 0.000000125. The van der Waals surface area contributed by atoms with Gasteiger partial charge in [-0.15, -0.1) is 0 Å². The highest BCUT2D eigenvalue weighted by atomic mass is 35.5. The Labute approximate surface area is 309 Å². The molecule has 9 aromatic rings. The Kier molecular flexibility index (Phi) is 9.08. The quantitative estimate of drug-likeness (QED) is 0.102. The van der Waals surface area contributed by atoms with Crippen molar-refractivity contribution < 1.29 is 33.0 Å². The first-order valence-electron chi connectivity index (χ1n) is 16.6. The summed E-state index contributed by atoms with van der Waals surface area (Å²) in [5.74, 6) is -0.411. The summed E-state index contributed by atoms with van der Waals surface area (Å²) in [6, 6.07) is 24.5. The summed E-state index contributed by atoms with van der Waals surface area (Å²) in [6.45, 7) is 7.41. The highest BCUT2D eigenvalue weighted by Gasteiger charge is 2.14. The van der Waals surface area contributed by atoms with E-state index in [1.165, 1.54) is 24.3 Å². The van der Waals surface area contributed by atoms with Gasteiger partial charge >= 0.3 is 16.9 Å². The fourth-order valence-electron chi connectivity index (χ4n) is 6.30. The van der Waals surface area contributed by atoms with Crippen molar-refractivity contribution >= 4 is 76.8 Å². The van der Waals surface area contributed by atoms with Gasteiger partial charge in [-0.1, -0.05) is 29.8 Å². The van der Waals surface area contributed by atoms with Gasteiger partial charge in [-0.3, -0.25) is 0 Å². The van der Waals surface area contributed by atoms with Gasteiger partial charge < -0.3 is 28.6 Å². The van der Waals surface area contributed by atoms with Crippen molar-refractivity contribution in [3.8, 4) is 17.2 Å². The molecule has 9 rings (SSSR count). The molecule has 0 saturated carbocycles. The van der Waals surface area contributed by atoms with Crippen molar-refractivity contribution in [2.75, 3.05) is 0 Å². The summed E-state index contributed by atoms with van der Waals surface area (Å²) < 4.78 is 29.4. The van der Waals surface area contributed by atoms with Crippen molar-refractivity contribution in [3.05, 3.63) is 155 Å². The maximum absolute atomic E-state index is 14.0. The Hall–Kier alpha value is -6.65. The first-order chi connectivity index (χ1) is 25.7. The van der Waals surface area contributed by atoms with E-state index in [2.05, 4.69) is 0 Å². The van der Waals surface area contributed by atoms with Crippen LogP contribution >= 0.6 is 11.6 Å². The molecule has 0 fully saturated rings. The molecule has 0 aliphatic carbocycles. The van der Waals surface area contributed by atoms with Gasteiger partial charge in [0.2, 0.25) is 0 Å². The van der Waals surface area contributed by atoms with Gasteiger partial charge in [-0.05, 0) is 105 Å². The van der Waals surface area contributed by atoms with E-state index >= 15 is 0 Å². The number of hydrogen-bond acceptors (Lipinski definition) is 9. The summed E-state index contributed by atoms with van der Waals surface area (Å²) in [7, 11) is 0. The smallest absolute Gasteiger partial charge is 0.347 e. The van der Waals surface area contributed by atoms with Crippen LogP contribution in [0.4, 0.5) is 4.39 Å². The zero-order valence-corrected chi connectivity index (χ0v) is 30.0. The Bertz CT molecular complexity index is 2970. The Morgan fingerprint density at radius 3 is 1.33 bits per heavy atom. The minimum atomic E-state index is -0.732. The van der Waals surface area contributed by atoms with E-state index < -0.39 is 17.1 Å². The maximum atomic E-state index is 14.0. The zero-order valence-electron chi connectivity index (χ0n) is 29.2. The molecule has 0 saturated heterocycles. The molecule has 0 bridgehead atoms. The minimum absolute atomic E-state index is 0.00224. The van der Waals surface area contributed by atoms with E-state index in [0.717, 1.165) is 38.2 Å². The summed E-state index contributed by atoms with van der Waals surface area (Å²) >= 11 is 6.09. The molecule has 270 valence electrons. The Morgan fingerprint density at radius 2 is 0.833 bits per heavy atom. The highest BCUT2D eigenvalue weighted by molar-refractivity contribution is 6.32. The average Bonchev–Trinajstić information content (AvgIpc) is 3.11. The summed E-state index contributed by atoms with van der Waals surface area (Å²) in [5, 5.41) is 34.1. The second-order valence-corrected chi connectivity index (χ2v) is 13.4. The largest absolute Gasteiger partial charge is 0.508 e. The first kappa shape index (κ1) is 35.7. The standard InChI is InChI=1S/C15H12O3.C14H9ClO3.C14H9FO3/c1-8-5-12-11-4-3-10(16)7-14(11)18-15(17)13(12)6-9(8)2;1-7-4-11-10(6-12(7)15)9-3-2-8(16)5-13(9)18-14(11)17;1-7-2-4-10-9-5-3-8(16)6-11(9)18-14(17)12(10)13(7)15/h3-7,16H,1-2H3;2*2-6,16H,1H3. The second kappa shape index (κ2) is 13.7. The lowest BCUT2D eigenvalue weighted by atomic mass is 10.0. The van der Waals surface area contributed by atoms with E-state index in [1.54, 1.807) is 61.5 Å². The van der Waals surface area contributed by atoms with E-state index in [-0.39, 0.29) is 33.8 Å². The molecule has 3 aromatic heterocycles. The zero-order chi connectivity index (χ0) is 38.6. The molecule has 6 aromatic carbocycles. The lowest BCUT2D eigenvalue weighted by Crippen LogP contribution is -2.03. The van der Waals surface area contributed by atoms with Gasteiger partial charge in [0, 0.05) is 55.5 Å². The average molecular weight is 745 g/mol. The number of rotatable bonds is 0. The van der Waals surface area contributed by atoms with Crippen LogP contribution in [0, 0.1) is 33.5 Å². The highest BCUT2D eigenvalue weighted by Crippen LogP contribution is 2.31. The van der Waals surface area contributed by atoms with Gasteiger partial charge in [-0.2, -0.15) is 0 Å². The van der Waals surface area contributed by atoms with Crippen LogP contribution in [0.2, 0.25) is 5.02 Å². The van der Waals surface area contributed by atoms with Crippen LogP contribution in [0.1, 0.15) is 22.3 Å². The molecule has 0 atom stereocenters. The van der Waals surface area contributed by atoms with Crippen molar-refractivity contribution in [2.24, 2.45) is 0 Å². The lowest BCUT2D eigenvalue weighted by Gasteiger charge is -2.06. The third-order valence-electron chi connectivity index (χ3n) is 9.29. The minimum Gasteiger partial charge on any atom is -0.508 e. The number of phenols is 3. The Morgan fingerprint density at radius 1 is 0.444 bits per heavy atom. The van der Waals surface area contributed by atoms with E-state index in [1.807, 2.05) is 32.9 Å². The van der Waals surface area contributed by atoms with Crippen molar-refractivity contribution in [1.29, 1.82) is 0 Å². The van der Waals surface area contributed by atoms with Gasteiger partial charge in [0.1, 0.15) is 45.2 Å². The number of benzene rings is 6. The first-order valence-corrected chi connectivity index (χ1v) is 16.9. The van der Waals surface area contributed by atoms with E-state index in [0.29, 0.717) is 43.3 Å². The molecule has 9 nitrogen and oxygen atoms in total. The SMILES string of the molecule is Cc1cc2c(=O)oc3cc(O)ccc3c2cc1C.Cc1cc2c(=O)oc3cc(O)ccc3c2cc1Cl.Cc1ccc2c(c1F)c(=O)oc1cc(O)ccc12. The number of aryl methyl sites for hydroxylation is 4. The van der Waals surface area contributed by atoms with E-state index in [4.69, 9.17) is 24.9 Å². The van der Waals surface area contributed by atoms with Crippen molar-refractivity contribution in [2.45, 2.75) is 27.7 Å². The van der Waals surface area contributed by atoms with Crippen LogP contribution in [0.5, 0.6) is 17.2 Å². The molecular weight excluding hydrogens is 715 g/mol. The van der Waals surface area contributed by atoms with Gasteiger partial charge in [-0.25, -0.2) is 18.8 Å². The number of phenolic OH excluding ortho intramolecular Hbond substituents is 3. The maximum Gasteiger partial charge on any atom is 0.347 e. The fraction of sp³-hybridized carbons (Fsp3) is 0.0930. The molecule has 0 aliphatic rings. The van der Waals surface area contributed by atoms with Crippen molar-refractivity contribution in [3.63, 3.8) is 0 Å². The molecule has 11 heteroatoms. The summed E-state index contributed by atoms with van der Waals surface area (Å²) in [4.78, 5) is 35.6. The molecule has 3 N–H and O–H groups in total. The number of hydrogen-bond donors (Lipinski definition) is 3. The molecule has 0 amide bonds. The topological polar surface area (TPSA) is 151 Å². The molecule has 54 heavy (non-hydrogen) atoms. The molecule has 0 radical (unpaired) electrons. The van der Waals surface area contributed by atoms with Crippen LogP contribution in [0.3, 0.4) is 0 Å². The predicted molar refractivity (Wildman–Crippen MR) is 209 cm³/mol. The predicted octanol–water partition coefficient (Wildman–Crippen LogP) is 9.98. The number of fused-ring (bicyclic) bond motifs is 9. The number of aromatic hydroxyl groups is 3. The molecule has 0 aliphatic heterocycles. The van der Waals surface area contributed by atoms with Crippen LogP contribution in [0.25, 0.3) is 65.2 Å². The van der Waals surface area contributed by atoms with Crippen LogP contribution < -0.4 is 16.9 Å². The fourth-order valence-corrected chi connectivity index (χ4v) is 6.46. The van der Waals surface area contributed by atoms with Crippen molar-refractivity contribution in [1.82, 2.24) is 0 Å². The molecular formula is C43H30ClFO9. The van der Waals surface area contributed by atoms with Crippen LogP contribution in [-0.4, -0.2) is 15.3 Å². The normalized spacial score (nSPS) is 11.2. The molecule has 3 heterocycles. The van der Waals surface area contributed by atoms with E-state index in [9.17, 15) is 34.1 Å². The van der Waals surface area contributed by atoms with Crippen LogP contribution in [0.15, 0.2) is 119 Å². The summed E-state index contributed by atoms with van der Waals surface area (Å²) in [6.07, 6.45) is 0. The monoisotopic (exact) mass is 744 g/mol. The molecule has 0 spiro atoms. The van der Waals surface area contributed by atoms with Gasteiger partial charge in [0.15, 0.2) is 0 Å². The second-order valence-electron chi connectivity index (χ2n) is 13.0. The number of halogens is 2. The third-order valence-corrected chi connectivity index (χ3v) is 9.69. The van der Waals surface area contributed by atoms with Gasteiger partial charge in [0.05, 0.1) is 10.8 Å². The molecule has 0 unspecified atom stereocenters. The van der Waals surface area contributed by atoms with Crippen LogP contribution in [-0.2, 0) is 0 Å². The lowest BCUT2D eigenvalue weighted by molar-refractivity contribution is 0.472. The third kappa shape index (κ3) is 6.48. The summed E-state index contributed by atoms with van der Waals surface area (Å²) in [5.41, 5.74) is 2.90.